The Morgan fingerprint density at radius 2 is 1.96 bits per heavy atom. The van der Waals surface area contributed by atoms with E-state index in [1.165, 1.54) is 0 Å². The molecule has 0 spiro atoms. The zero-order valence-corrected chi connectivity index (χ0v) is 15.1. The van der Waals surface area contributed by atoms with Gasteiger partial charge in [0.05, 0.1) is 16.6 Å². The quantitative estimate of drug-likeness (QED) is 0.545. The molecule has 1 saturated carbocycles. The average molecular weight is 365 g/mol. The van der Waals surface area contributed by atoms with E-state index in [-0.39, 0.29) is 5.56 Å². The predicted octanol–water partition coefficient (Wildman–Crippen LogP) is 4.26. The van der Waals surface area contributed by atoms with Crippen LogP contribution in [0.25, 0.3) is 27.7 Å². The molecule has 1 aliphatic carbocycles. The molecule has 3 aromatic heterocycles. The highest BCUT2D eigenvalue weighted by Gasteiger charge is 2.25. The van der Waals surface area contributed by atoms with Crippen LogP contribution in [0.1, 0.15) is 31.5 Å². The minimum absolute atomic E-state index is 0.0148. The third kappa shape index (κ3) is 2.27. The van der Waals surface area contributed by atoms with Crippen molar-refractivity contribution in [2.24, 2.45) is 0 Å². The van der Waals surface area contributed by atoms with Crippen LogP contribution in [0.15, 0.2) is 47.5 Å². The Kier molecular flexibility index (Phi) is 3.40. The van der Waals surface area contributed by atoms with Crippen molar-refractivity contribution in [1.29, 1.82) is 0 Å². The molecule has 0 radical (unpaired) electrons. The predicted molar refractivity (Wildman–Crippen MR) is 103 cm³/mol. The number of aromatic nitrogens is 4. The van der Waals surface area contributed by atoms with Crippen LogP contribution in [0.5, 0.6) is 0 Å². The number of fused-ring (bicyclic) bond motifs is 3. The number of aryl methyl sites for hydroxylation is 1. The molecule has 0 N–H and O–H groups in total. The molecule has 0 aliphatic heterocycles. The van der Waals surface area contributed by atoms with E-state index in [2.05, 4.69) is 11.9 Å². The number of nitrogens with zero attached hydrogens (tertiary/aromatic N) is 4. The van der Waals surface area contributed by atoms with Gasteiger partial charge in [-0.15, -0.1) is 0 Å². The maximum atomic E-state index is 12.8. The van der Waals surface area contributed by atoms with Crippen LogP contribution < -0.4 is 5.56 Å². The van der Waals surface area contributed by atoms with E-state index in [0.717, 1.165) is 47.2 Å². The smallest absolute Gasteiger partial charge is 0.261 e. The molecule has 1 fully saturated rings. The third-order valence-corrected chi connectivity index (χ3v) is 5.27. The van der Waals surface area contributed by atoms with Crippen LogP contribution in [0.4, 0.5) is 0 Å². The Balaban J connectivity index is 1.81. The molecule has 4 aromatic rings. The standard InChI is InChI=1S/C20H17ClN4O/c1-2-16-18(12-3-5-13(21)6-4-12)19-22-11-15-17(25(19)23-16)9-10-24(20(15)26)14-7-8-14/h3-6,9-11,14H,2,7-8H2,1H3. The first kappa shape index (κ1) is 15.6. The van der Waals surface area contributed by atoms with Gasteiger partial charge in [-0.1, -0.05) is 30.7 Å². The minimum Gasteiger partial charge on any atom is -0.312 e. The first-order chi connectivity index (χ1) is 12.7. The molecule has 130 valence electrons. The van der Waals surface area contributed by atoms with Gasteiger partial charge in [0, 0.05) is 29.0 Å². The van der Waals surface area contributed by atoms with E-state index < -0.39 is 0 Å². The molecule has 26 heavy (non-hydrogen) atoms. The molecule has 3 heterocycles. The van der Waals surface area contributed by atoms with Gasteiger partial charge in [-0.25, -0.2) is 9.50 Å². The maximum Gasteiger partial charge on any atom is 0.261 e. The van der Waals surface area contributed by atoms with Gasteiger partial charge < -0.3 is 4.57 Å². The average Bonchev–Trinajstić information content (AvgIpc) is 3.42. The van der Waals surface area contributed by atoms with Gasteiger partial charge in [-0.3, -0.25) is 4.79 Å². The lowest BCUT2D eigenvalue weighted by Gasteiger charge is -2.06. The molecule has 1 aliphatic rings. The monoisotopic (exact) mass is 364 g/mol. The van der Waals surface area contributed by atoms with E-state index in [1.807, 2.05) is 41.1 Å². The first-order valence-corrected chi connectivity index (χ1v) is 9.22. The SMILES string of the molecule is CCc1nn2c(ncc3c(=O)n(C4CC4)ccc32)c1-c1ccc(Cl)cc1. The zero-order valence-electron chi connectivity index (χ0n) is 14.3. The van der Waals surface area contributed by atoms with Crippen molar-refractivity contribution in [1.82, 2.24) is 19.2 Å². The molecule has 1 aromatic carbocycles. The van der Waals surface area contributed by atoms with Crippen molar-refractivity contribution in [2.75, 3.05) is 0 Å². The highest BCUT2D eigenvalue weighted by atomic mass is 35.5. The van der Waals surface area contributed by atoms with Crippen LogP contribution in [0.3, 0.4) is 0 Å². The Morgan fingerprint density at radius 1 is 1.19 bits per heavy atom. The maximum absolute atomic E-state index is 12.8. The van der Waals surface area contributed by atoms with Crippen molar-refractivity contribution in [3.8, 4) is 11.1 Å². The van der Waals surface area contributed by atoms with Crippen LogP contribution in [0, 0.1) is 0 Å². The third-order valence-electron chi connectivity index (χ3n) is 5.02. The Morgan fingerprint density at radius 3 is 2.65 bits per heavy atom. The second-order valence-electron chi connectivity index (χ2n) is 6.73. The summed E-state index contributed by atoms with van der Waals surface area (Å²) in [5, 5.41) is 6.07. The summed E-state index contributed by atoms with van der Waals surface area (Å²) in [5.41, 5.74) is 4.56. The summed E-state index contributed by atoms with van der Waals surface area (Å²) in [4.78, 5) is 17.4. The van der Waals surface area contributed by atoms with Gasteiger partial charge >= 0.3 is 0 Å². The highest BCUT2D eigenvalue weighted by Crippen LogP contribution is 2.34. The van der Waals surface area contributed by atoms with Gasteiger partial charge in [0.15, 0.2) is 5.65 Å². The Bertz CT molecular complexity index is 1200. The summed E-state index contributed by atoms with van der Waals surface area (Å²) in [5.74, 6) is 0. The number of pyridine rings is 1. The van der Waals surface area contributed by atoms with E-state index in [4.69, 9.17) is 16.7 Å². The van der Waals surface area contributed by atoms with E-state index >= 15 is 0 Å². The number of hydrogen-bond donors (Lipinski definition) is 0. The zero-order chi connectivity index (χ0) is 17.8. The van der Waals surface area contributed by atoms with Crippen molar-refractivity contribution in [2.45, 2.75) is 32.2 Å². The highest BCUT2D eigenvalue weighted by molar-refractivity contribution is 6.30. The van der Waals surface area contributed by atoms with Gasteiger partial charge in [-0.2, -0.15) is 5.10 Å². The van der Waals surface area contributed by atoms with Crippen molar-refractivity contribution >= 4 is 28.2 Å². The summed E-state index contributed by atoms with van der Waals surface area (Å²) in [7, 11) is 0. The molecular weight excluding hydrogens is 348 g/mol. The van der Waals surface area contributed by atoms with Gasteiger partial charge in [-0.05, 0) is 43.0 Å². The molecule has 0 amide bonds. The fourth-order valence-electron chi connectivity index (χ4n) is 3.53. The Hall–Kier alpha value is -2.66. The van der Waals surface area contributed by atoms with Crippen molar-refractivity contribution in [3.63, 3.8) is 0 Å². The van der Waals surface area contributed by atoms with Crippen molar-refractivity contribution in [3.05, 3.63) is 63.8 Å². The summed E-state index contributed by atoms with van der Waals surface area (Å²) in [6.45, 7) is 2.07. The van der Waals surface area contributed by atoms with Gasteiger partial charge in [0.1, 0.15) is 0 Å². The minimum atomic E-state index is 0.0148. The lowest BCUT2D eigenvalue weighted by Crippen LogP contribution is -2.19. The number of halogens is 1. The van der Waals surface area contributed by atoms with Crippen LogP contribution in [-0.4, -0.2) is 19.2 Å². The number of hydrogen-bond acceptors (Lipinski definition) is 3. The number of rotatable bonds is 3. The Labute approximate surface area is 154 Å². The van der Waals surface area contributed by atoms with Gasteiger partial charge in [0.2, 0.25) is 0 Å². The largest absolute Gasteiger partial charge is 0.312 e. The second kappa shape index (κ2) is 5.68. The molecule has 0 atom stereocenters. The molecule has 5 rings (SSSR count). The lowest BCUT2D eigenvalue weighted by molar-refractivity contribution is 0.712. The van der Waals surface area contributed by atoms with Crippen molar-refractivity contribution < 1.29 is 0 Å². The topological polar surface area (TPSA) is 52.2 Å². The molecule has 0 unspecified atom stereocenters. The van der Waals surface area contributed by atoms with Crippen LogP contribution in [0.2, 0.25) is 5.02 Å². The summed E-state index contributed by atoms with van der Waals surface area (Å²) < 4.78 is 3.62. The van der Waals surface area contributed by atoms with Crippen LogP contribution in [-0.2, 0) is 6.42 Å². The fraction of sp³-hybridized carbons (Fsp3) is 0.250. The summed E-state index contributed by atoms with van der Waals surface area (Å²) in [6, 6.07) is 10.0. The molecule has 5 nitrogen and oxygen atoms in total. The molecular formula is C20H17ClN4O. The summed E-state index contributed by atoms with van der Waals surface area (Å²) >= 11 is 6.03. The van der Waals surface area contributed by atoms with E-state index in [0.29, 0.717) is 16.5 Å². The first-order valence-electron chi connectivity index (χ1n) is 8.84. The normalized spacial score (nSPS) is 14.4. The van der Waals surface area contributed by atoms with Crippen LogP contribution >= 0.6 is 11.6 Å². The molecule has 0 bridgehead atoms. The lowest BCUT2D eigenvalue weighted by atomic mass is 10.0. The number of benzene rings is 1. The second-order valence-corrected chi connectivity index (χ2v) is 7.17. The summed E-state index contributed by atoms with van der Waals surface area (Å²) in [6.07, 6.45) is 6.50. The molecule has 6 heteroatoms. The molecule has 0 saturated heterocycles. The fourth-order valence-corrected chi connectivity index (χ4v) is 3.65. The van der Waals surface area contributed by atoms with Gasteiger partial charge in [0.25, 0.3) is 5.56 Å². The van der Waals surface area contributed by atoms with E-state index in [9.17, 15) is 4.79 Å². The van der Waals surface area contributed by atoms with E-state index in [1.54, 1.807) is 10.7 Å².